The Morgan fingerprint density at radius 3 is 2.24 bits per heavy atom. The molecule has 2 aromatic carbocycles. The summed E-state index contributed by atoms with van der Waals surface area (Å²) in [4.78, 5) is 4.65. The Bertz CT molecular complexity index is 920. The number of nitrogens with zero attached hydrogens (tertiary/aromatic N) is 1. The Morgan fingerprint density at radius 1 is 0.931 bits per heavy atom. The third-order valence-corrected chi connectivity index (χ3v) is 4.94. The van der Waals surface area contributed by atoms with Gasteiger partial charge in [0.1, 0.15) is 0 Å². The number of unbranched alkanes of at least 4 members (excludes halogenated alkanes) is 1. The zero-order chi connectivity index (χ0) is 20.5. The second kappa shape index (κ2) is 10.5. The van der Waals surface area contributed by atoms with Crippen LogP contribution in [-0.4, -0.2) is 16.2 Å². The normalized spacial score (nSPS) is 12.2. The molecule has 2 nitrogen and oxygen atoms in total. The van der Waals surface area contributed by atoms with Gasteiger partial charge in [-0.05, 0) is 55.4 Å². The van der Waals surface area contributed by atoms with Gasteiger partial charge in [-0.1, -0.05) is 72.8 Å². The number of allylic oxidation sites excluding steroid dienone is 2. The molecule has 1 atom stereocenters. The highest BCUT2D eigenvalue weighted by molar-refractivity contribution is 5.68. The SMILES string of the molecule is C=CCc1ccc(-c2ccc(-c3ccc(/C=C/CCCC(C)O)cc3)cn2)cc1. The van der Waals surface area contributed by atoms with E-state index >= 15 is 0 Å². The predicted octanol–water partition coefficient (Wildman–Crippen LogP) is 6.71. The molecule has 0 aliphatic rings. The summed E-state index contributed by atoms with van der Waals surface area (Å²) in [6.45, 7) is 5.62. The Morgan fingerprint density at radius 2 is 1.62 bits per heavy atom. The van der Waals surface area contributed by atoms with Crippen LogP contribution in [0.1, 0.15) is 37.3 Å². The summed E-state index contributed by atoms with van der Waals surface area (Å²) in [5, 5.41) is 9.29. The minimum absolute atomic E-state index is 0.209. The van der Waals surface area contributed by atoms with Gasteiger partial charge in [0.2, 0.25) is 0 Å². The van der Waals surface area contributed by atoms with Crippen molar-refractivity contribution < 1.29 is 5.11 Å². The van der Waals surface area contributed by atoms with Gasteiger partial charge in [-0.3, -0.25) is 4.98 Å². The molecule has 0 bridgehead atoms. The molecule has 0 spiro atoms. The highest BCUT2D eigenvalue weighted by atomic mass is 16.3. The van der Waals surface area contributed by atoms with E-state index in [1.54, 1.807) is 0 Å². The van der Waals surface area contributed by atoms with Crippen LogP contribution in [0, 0.1) is 0 Å². The van der Waals surface area contributed by atoms with Gasteiger partial charge in [0.25, 0.3) is 0 Å². The van der Waals surface area contributed by atoms with E-state index in [-0.39, 0.29) is 6.10 Å². The quantitative estimate of drug-likeness (QED) is 0.329. The van der Waals surface area contributed by atoms with Gasteiger partial charge in [-0.25, -0.2) is 0 Å². The summed E-state index contributed by atoms with van der Waals surface area (Å²) in [6, 6.07) is 21.2. The molecule has 3 aromatic rings. The molecule has 1 heterocycles. The largest absolute Gasteiger partial charge is 0.393 e. The molecule has 0 aliphatic heterocycles. The maximum atomic E-state index is 9.29. The Hall–Kier alpha value is -2.97. The van der Waals surface area contributed by atoms with E-state index in [2.05, 4.69) is 84.4 Å². The number of pyridine rings is 1. The number of aliphatic hydroxyl groups excluding tert-OH is 1. The van der Waals surface area contributed by atoms with Crippen molar-refractivity contribution in [3.05, 3.63) is 96.7 Å². The Labute approximate surface area is 174 Å². The summed E-state index contributed by atoms with van der Waals surface area (Å²) in [7, 11) is 0. The van der Waals surface area contributed by atoms with Gasteiger partial charge in [0.15, 0.2) is 0 Å². The molecule has 1 N–H and O–H groups in total. The smallest absolute Gasteiger partial charge is 0.0702 e. The lowest BCUT2D eigenvalue weighted by atomic mass is 10.0. The van der Waals surface area contributed by atoms with Gasteiger partial charge in [-0.15, -0.1) is 6.58 Å². The maximum Gasteiger partial charge on any atom is 0.0702 e. The van der Waals surface area contributed by atoms with Crippen molar-refractivity contribution in [1.82, 2.24) is 4.98 Å². The average Bonchev–Trinajstić information content (AvgIpc) is 2.75. The molecule has 148 valence electrons. The molecular formula is C27H29NO. The van der Waals surface area contributed by atoms with E-state index in [0.717, 1.165) is 48.1 Å². The van der Waals surface area contributed by atoms with E-state index in [9.17, 15) is 5.11 Å². The number of hydrogen-bond donors (Lipinski definition) is 1. The molecule has 0 aliphatic carbocycles. The van der Waals surface area contributed by atoms with Crippen LogP contribution in [0.15, 0.2) is 85.6 Å². The van der Waals surface area contributed by atoms with E-state index in [1.807, 2.05) is 19.2 Å². The van der Waals surface area contributed by atoms with E-state index in [1.165, 1.54) is 11.1 Å². The van der Waals surface area contributed by atoms with Crippen molar-refractivity contribution in [3.8, 4) is 22.4 Å². The van der Waals surface area contributed by atoms with Gasteiger partial charge in [0.05, 0.1) is 11.8 Å². The molecule has 0 radical (unpaired) electrons. The first-order valence-electron chi connectivity index (χ1n) is 10.3. The third kappa shape index (κ3) is 6.27. The van der Waals surface area contributed by atoms with Crippen molar-refractivity contribution in [2.24, 2.45) is 0 Å². The van der Waals surface area contributed by atoms with Gasteiger partial charge < -0.3 is 5.11 Å². The van der Waals surface area contributed by atoms with Crippen molar-refractivity contribution in [2.75, 3.05) is 0 Å². The molecule has 0 amide bonds. The van der Waals surface area contributed by atoms with Crippen LogP contribution in [-0.2, 0) is 6.42 Å². The van der Waals surface area contributed by atoms with Crippen LogP contribution in [0.2, 0.25) is 0 Å². The lowest BCUT2D eigenvalue weighted by Gasteiger charge is -2.06. The fourth-order valence-corrected chi connectivity index (χ4v) is 3.25. The molecule has 0 fully saturated rings. The minimum atomic E-state index is -0.209. The molecule has 3 rings (SSSR count). The number of benzene rings is 2. The summed E-state index contributed by atoms with van der Waals surface area (Å²) < 4.78 is 0. The minimum Gasteiger partial charge on any atom is -0.393 e. The van der Waals surface area contributed by atoms with Crippen molar-refractivity contribution in [2.45, 2.75) is 38.7 Å². The van der Waals surface area contributed by atoms with Crippen molar-refractivity contribution >= 4 is 6.08 Å². The van der Waals surface area contributed by atoms with Crippen molar-refractivity contribution in [1.29, 1.82) is 0 Å². The lowest BCUT2D eigenvalue weighted by Crippen LogP contribution is -1.97. The topological polar surface area (TPSA) is 33.1 Å². The number of aliphatic hydroxyl groups is 1. The van der Waals surface area contributed by atoms with E-state index in [0.29, 0.717) is 0 Å². The zero-order valence-corrected chi connectivity index (χ0v) is 17.1. The first kappa shape index (κ1) is 20.8. The molecular weight excluding hydrogens is 354 g/mol. The fourth-order valence-electron chi connectivity index (χ4n) is 3.25. The highest BCUT2D eigenvalue weighted by Crippen LogP contribution is 2.23. The zero-order valence-electron chi connectivity index (χ0n) is 17.1. The number of aromatic nitrogens is 1. The van der Waals surface area contributed by atoms with Crippen LogP contribution in [0.3, 0.4) is 0 Å². The van der Waals surface area contributed by atoms with Crippen molar-refractivity contribution in [3.63, 3.8) is 0 Å². The fraction of sp³-hybridized carbons (Fsp3) is 0.222. The molecule has 1 unspecified atom stereocenters. The van der Waals surface area contributed by atoms with Gasteiger partial charge >= 0.3 is 0 Å². The van der Waals surface area contributed by atoms with E-state index in [4.69, 9.17) is 0 Å². The van der Waals surface area contributed by atoms with E-state index < -0.39 is 0 Å². The van der Waals surface area contributed by atoms with Crippen LogP contribution in [0.4, 0.5) is 0 Å². The van der Waals surface area contributed by atoms with Crippen LogP contribution in [0.25, 0.3) is 28.5 Å². The van der Waals surface area contributed by atoms with Crippen LogP contribution in [0.5, 0.6) is 0 Å². The third-order valence-electron chi connectivity index (χ3n) is 4.94. The summed E-state index contributed by atoms with van der Waals surface area (Å²) in [5.41, 5.74) is 6.84. The lowest BCUT2D eigenvalue weighted by molar-refractivity contribution is 0.182. The number of rotatable bonds is 9. The standard InChI is InChI=1S/C27H29NO/c1-3-7-22-12-16-25(17-13-22)27-19-18-26(20-28-27)24-14-10-23(11-15-24)9-6-4-5-8-21(2)29/h3,6,9-21,29H,1,4-5,7-8H2,2H3/b9-6+. The van der Waals surface area contributed by atoms with Crippen LogP contribution >= 0.6 is 0 Å². The predicted molar refractivity (Wildman–Crippen MR) is 124 cm³/mol. The number of hydrogen-bond acceptors (Lipinski definition) is 2. The van der Waals surface area contributed by atoms with Gasteiger partial charge in [-0.2, -0.15) is 0 Å². The highest BCUT2D eigenvalue weighted by Gasteiger charge is 2.02. The van der Waals surface area contributed by atoms with Crippen LogP contribution < -0.4 is 0 Å². The molecule has 1 aromatic heterocycles. The monoisotopic (exact) mass is 383 g/mol. The Kier molecular flexibility index (Phi) is 7.54. The first-order valence-corrected chi connectivity index (χ1v) is 10.3. The summed E-state index contributed by atoms with van der Waals surface area (Å²) in [6.07, 6.45) is 11.7. The molecule has 0 saturated heterocycles. The average molecular weight is 384 g/mol. The van der Waals surface area contributed by atoms with Gasteiger partial charge in [0, 0.05) is 17.3 Å². The summed E-state index contributed by atoms with van der Waals surface area (Å²) >= 11 is 0. The molecule has 29 heavy (non-hydrogen) atoms. The second-order valence-corrected chi connectivity index (χ2v) is 7.43. The molecule has 0 saturated carbocycles. The first-order chi connectivity index (χ1) is 14.2. The summed E-state index contributed by atoms with van der Waals surface area (Å²) in [5.74, 6) is 0. The maximum absolute atomic E-state index is 9.29. The second-order valence-electron chi connectivity index (χ2n) is 7.43. The molecule has 2 heteroatoms. The Balaban J connectivity index is 1.62.